The van der Waals surface area contributed by atoms with Crippen LogP contribution < -0.4 is 10.6 Å². The predicted octanol–water partition coefficient (Wildman–Crippen LogP) is 1.64. The van der Waals surface area contributed by atoms with Crippen molar-refractivity contribution in [1.29, 1.82) is 5.41 Å². The van der Waals surface area contributed by atoms with E-state index in [1.54, 1.807) is 0 Å². The van der Waals surface area contributed by atoms with E-state index in [9.17, 15) is 0 Å². The van der Waals surface area contributed by atoms with Crippen molar-refractivity contribution in [2.75, 3.05) is 11.4 Å². The normalized spacial score (nSPS) is 14.6. The molecule has 0 aliphatic heterocycles. The van der Waals surface area contributed by atoms with Crippen LogP contribution in [0.1, 0.15) is 37.7 Å². The summed E-state index contributed by atoms with van der Waals surface area (Å²) in [6.07, 6.45) is 3.94. The molecular formula is C13H21N5. The minimum absolute atomic E-state index is 0.238. The van der Waals surface area contributed by atoms with Crippen molar-refractivity contribution in [3.63, 3.8) is 0 Å². The quantitative estimate of drug-likeness (QED) is 0.591. The van der Waals surface area contributed by atoms with E-state index in [0.29, 0.717) is 12.5 Å². The Labute approximate surface area is 108 Å². The third-order valence-corrected chi connectivity index (χ3v) is 3.14. The van der Waals surface area contributed by atoms with Gasteiger partial charge in [0.05, 0.1) is 5.84 Å². The van der Waals surface area contributed by atoms with Crippen molar-refractivity contribution in [3.8, 4) is 0 Å². The molecule has 1 fully saturated rings. The first-order chi connectivity index (χ1) is 8.60. The summed E-state index contributed by atoms with van der Waals surface area (Å²) in [5.41, 5.74) is 6.52. The maximum atomic E-state index is 7.35. The highest BCUT2D eigenvalue weighted by Crippen LogP contribution is 2.31. The molecule has 1 aliphatic carbocycles. The third kappa shape index (κ3) is 3.18. The Hall–Kier alpha value is -1.65. The molecule has 1 aromatic heterocycles. The van der Waals surface area contributed by atoms with Gasteiger partial charge in [0.1, 0.15) is 11.6 Å². The number of anilines is 1. The van der Waals surface area contributed by atoms with Crippen LogP contribution in [0.2, 0.25) is 0 Å². The van der Waals surface area contributed by atoms with Gasteiger partial charge >= 0.3 is 0 Å². The third-order valence-electron chi connectivity index (χ3n) is 3.14. The minimum Gasteiger partial charge on any atom is -0.388 e. The van der Waals surface area contributed by atoms with Gasteiger partial charge in [0.15, 0.2) is 0 Å². The molecule has 98 valence electrons. The highest BCUT2D eigenvalue weighted by Gasteiger charge is 2.30. The second-order valence-corrected chi connectivity index (χ2v) is 4.82. The van der Waals surface area contributed by atoms with Gasteiger partial charge in [-0.1, -0.05) is 6.92 Å². The Morgan fingerprint density at radius 2 is 2.22 bits per heavy atom. The fourth-order valence-corrected chi connectivity index (χ4v) is 2.05. The van der Waals surface area contributed by atoms with Crippen molar-refractivity contribution < 1.29 is 0 Å². The number of aryl methyl sites for hydroxylation is 2. The molecule has 3 N–H and O–H groups in total. The smallest absolute Gasteiger partial charge is 0.132 e. The number of nitrogens with zero attached hydrogens (tertiary/aromatic N) is 3. The van der Waals surface area contributed by atoms with E-state index in [0.717, 1.165) is 30.3 Å². The summed E-state index contributed by atoms with van der Waals surface area (Å²) < 4.78 is 0. The van der Waals surface area contributed by atoms with E-state index < -0.39 is 0 Å². The molecular weight excluding hydrogens is 226 g/mol. The topological polar surface area (TPSA) is 78.9 Å². The zero-order chi connectivity index (χ0) is 13.1. The van der Waals surface area contributed by atoms with Crippen molar-refractivity contribution in [2.24, 2.45) is 5.73 Å². The van der Waals surface area contributed by atoms with Gasteiger partial charge in [-0.05, 0) is 26.2 Å². The highest BCUT2D eigenvalue weighted by atomic mass is 15.2. The van der Waals surface area contributed by atoms with Gasteiger partial charge in [-0.15, -0.1) is 0 Å². The molecule has 1 heterocycles. The first kappa shape index (κ1) is 12.8. The number of amidine groups is 1. The Morgan fingerprint density at radius 1 is 1.50 bits per heavy atom. The maximum absolute atomic E-state index is 7.35. The van der Waals surface area contributed by atoms with Crippen molar-refractivity contribution in [1.82, 2.24) is 9.97 Å². The molecule has 0 spiro atoms. The molecule has 1 saturated carbocycles. The summed E-state index contributed by atoms with van der Waals surface area (Å²) in [4.78, 5) is 11.2. The van der Waals surface area contributed by atoms with E-state index in [1.165, 1.54) is 12.8 Å². The first-order valence-electron chi connectivity index (χ1n) is 6.54. The first-order valence-corrected chi connectivity index (χ1v) is 6.54. The standard InChI is InChI=1S/C13H21N5/c1-3-10-8-13(17-9(2)16-10)18(11-4-5-11)7-6-12(14)15/h8,11H,3-7H2,1-2H3,(H3,14,15). The SMILES string of the molecule is CCc1cc(N(CCC(=N)N)C2CC2)nc(C)n1. The van der Waals surface area contributed by atoms with E-state index in [4.69, 9.17) is 11.1 Å². The summed E-state index contributed by atoms with van der Waals surface area (Å²) in [5.74, 6) is 2.04. The number of aromatic nitrogens is 2. The Balaban J connectivity index is 2.18. The summed E-state index contributed by atoms with van der Waals surface area (Å²) in [7, 11) is 0. The number of nitrogens with two attached hydrogens (primary N) is 1. The maximum Gasteiger partial charge on any atom is 0.132 e. The van der Waals surface area contributed by atoms with Gasteiger partial charge in [-0.25, -0.2) is 9.97 Å². The number of rotatable bonds is 6. The zero-order valence-electron chi connectivity index (χ0n) is 11.1. The van der Waals surface area contributed by atoms with Crippen LogP contribution in [0.25, 0.3) is 0 Å². The van der Waals surface area contributed by atoms with Gasteiger partial charge in [0, 0.05) is 30.8 Å². The molecule has 0 amide bonds. The van der Waals surface area contributed by atoms with Crippen LogP contribution in [0.15, 0.2) is 6.07 Å². The van der Waals surface area contributed by atoms with Crippen LogP contribution in [-0.2, 0) is 6.42 Å². The fourth-order valence-electron chi connectivity index (χ4n) is 2.05. The molecule has 5 nitrogen and oxygen atoms in total. The fraction of sp³-hybridized carbons (Fsp3) is 0.615. The molecule has 1 aromatic rings. The van der Waals surface area contributed by atoms with Gasteiger partial charge in [-0.2, -0.15) is 0 Å². The van der Waals surface area contributed by atoms with Crippen LogP contribution in [-0.4, -0.2) is 28.4 Å². The largest absolute Gasteiger partial charge is 0.388 e. The Bertz CT molecular complexity index is 439. The van der Waals surface area contributed by atoms with Crippen LogP contribution in [0.3, 0.4) is 0 Å². The highest BCUT2D eigenvalue weighted by molar-refractivity contribution is 5.77. The van der Waals surface area contributed by atoms with Gasteiger partial charge in [-0.3, -0.25) is 5.41 Å². The molecule has 0 unspecified atom stereocenters. The molecule has 18 heavy (non-hydrogen) atoms. The summed E-state index contributed by atoms with van der Waals surface area (Å²) in [6.45, 7) is 4.81. The lowest BCUT2D eigenvalue weighted by atomic mass is 10.2. The molecule has 0 radical (unpaired) electrons. The van der Waals surface area contributed by atoms with Crippen LogP contribution in [0.5, 0.6) is 0 Å². The van der Waals surface area contributed by atoms with Gasteiger partial charge < -0.3 is 10.6 Å². The molecule has 0 bridgehead atoms. The molecule has 0 aromatic carbocycles. The summed E-state index contributed by atoms with van der Waals surface area (Å²) in [6, 6.07) is 2.63. The lowest BCUT2D eigenvalue weighted by molar-refractivity contribution is 0.770. The van der Waals surface area contributed by atoms with Gasteiger partial charge in [0.25, 0.3) is 0 Å². The van der Waals surface area contributed by atoms with Gasteiger partial charge in [0.2, 0.25) is 0 Å². The van der Waals surface area contributed by atoms with E-state index >= 15 is 0 Å². The molecule has 0 atom stereocenters. The van der Waals surface area contributed by atoms with Crippen LogP contribution in [0.4, 0.5) is 5.82 Å². The zero-order valence-corrected chi connectivity index (χ0v) is 11.1. The number of nitrogens with one attached hydrogen (secondary N) is 1. The second-order valence-electron chi connectivity index (χ2n) is 4.82. The predicted molar refractivity (Wildman–Crippen MR) is 73.0 cm³/mol. The average molecular weight is 247 g/mol. The van der Waals surface area contributed by atoms with E-state index in [1.807, 2.05) is 6.92 Å². The lowest BCUT2D eigenvalue weighted by Crippen LogP contribution is -2.31. The molecule has 0 saturated heterocycles. The summed E-state index contributed by atoms with van der Waals surface area (Å²) in [5, 5.41) is 7.35. The Morgan fingerprint density at radius 3 is 2.78 bits per heavy atom. The molecule has 2 rings (SSSR count). The number of hydrogen-bond donors (Lipinski definition) is 2. The Kier molecular flexibility index (Phi) is 3.79. The number of hydrogen-bond acceptors (Lipinski definition) is 4. The second kappa shape index (κ2) is 5.33. The van der Waals surface area contributed by atoms with Crippen molar-refractivity contribution >= 4 is 11.7 Å². The van der Waals surface area contributed by atoms with Crippen molar-refractivity contribution in [2.45, 2.75) is 45.6 Å². The minimum atomic E-state index is 0.238. The van der Waals surface area contributed by atoms with E-state index in [2.05, 4.69) is 27.9 Å². The monoisotopic (exact) mass is 247 g/mol. The lowest BCUT2D eigenvalue weighted by Gasteiger charge is -2.24. The van der Waals surface area contributed by atoms with Crippen molar-refractivity contribution in [3.05, 3.63) is 17.6 Å². The van der Waals surface area contributed by atoms with Crippen LogP contribution in [0, 0.1) is 12.3 Å². The average Bonchev–Trinajstić information content (AvgIpc) is 3.12. The van der Waals surface area contributed by atoms with Crippen LogP contribution >= 0.6 is 0 Å². The molecule has 1 aliphatic rings. The van der Waals surface area contributed by atoms with E-state index in [-0.39, 0.29) is 5.84 Å². The summed E-state index contributed by atoms with van der Waals surface area (Å²) >= 11 is 0. The molecule has 5 heteroatoms.